The molecule has 2 aliphatic heterocycles. The number of urea groups is 1. The minimum atomic E-state index is -0.441. The van der Waals surface area contributed by atoms with Crippen molar-refractivity contribution in [1.29, 1.82) is 0 Å². The Bertz CT molecular complexity index is 1260. The van der Waals surface area contributed by atoms with Crippen LogP contribution in [-0.2, 0) is 0 Å². The number of aromatic nitrogens is 2. The lowest BCUT2D eigenvalue weighted by Crippen LogP contribution is -2.52. The van der Waals surface area contributed by atoms with Crippen molar-refractivity contribution < 1.29 is 4.79 Å². The first-order valence-corrected chi connectivity index (χ1v) is 11.8. The molecule has 2 aromatic heterocycles. The van der Waals surface area contributed by atoms with Gasteiger partial charge in [-0.2, -0.15) is 0 Å². The number of anilines is 1. The quantitative estimate of drug-likeness (QED) is 0.576. The average molecular weight is 462 g/mol. The highest BCUT2D eigenvalue weighted by Crippen LogP contribution is 2.39. The molecule has 0 saturated carbocycles. The van der Waals surface area contributed by atoms with E-state index in [9.17, 15) is 4.79 Å². The Morgan fingerprint density at radius 1 is 1.18 bits per heavy atom. The fraction of sp³-hybridized carbons (Fsp3) is 0.333. The highest BCUT2D eigenvalue weighted by Gasteiger charge is 2.45. The maximum absolute atomic E-state index is 13.5. The Kier molecular flexibility index (Phi) is 5.38. The van der Waals surface area contributed by atoms with Crippen LogP contribution in [0.2, 0.25) is 0 Å². The number of carbonyl (C=O) groups excluding carboxylic acids is 1. The number of hydrogen-bond acceptors (Lipinski definition) is 7. The van der Waals surface area contributed by atoms with Crippen LogP contribution in [0.3, 0.4) is 0 Å². The van der Waals surface area contributed by atoms with Crippen LogP contribution >= 0.6 is 11.3 Å². The molecule has 3 aromatic rings. The molecule has 1 aromatic carbocycles. The van der Waals surface area contributed by atoms with E-state index in [0.29, 0.717) is 13.1 Å². The van der Waals surface area contributed by atoms with Gasteiger partial charge in [-0.1, -0.05) is 30.3 Å². The summed E-state index contributed by atoms with van der Waals surface area (Å²) in [5.74, 6) is 1.54. The fourth-order valence-electron chi connectivity index (χ4n) is 4.52. The first kappa shape index (κ1) is 21.5. The fourth-order valence-corrected chi connectivity index (χ4v) is 5.30. The standard InChI is InChI=1S/C24H27N7OS/c1-24(2)17-12-25-20(28-21-19-18(10-11-33-19)26-14-27-21)16(17)13-31(24)23(32)29-22(30(3)4)15-8-6-5-7-9-15/h5-11,14,22H,12-13H2,1-4H3,(H,29,32)(H,25,26,27,28)/t22-/m1/s1. The van der Waals surface area contributed by atoms with Gasteiger partial charge in [0.1, 0.15) is 18.3 Å². The molecule has 1 atom stereocenters. The third kappa shape index (κ3) is 3.77. The van der Waals surface area contributed by atoms with Crippen molar-refractivity contribution in [3.05, 3.63) is 64.8 Å². The van der Waals surface area contributed by atoms with Gasteiger partial charge in [-0.3, -0.25) is 9.89 Å². The van der Waals surface area contributed by atoms with Crippen molar-refractivity contribution in [2.24, 2.45) is 4.99 Å². The second-order valence-electron chi connectivity index (χ2n) is 8.98. The van der Waals surface area contributed by atoms with Gasteiger partial charge in [0.05, 0.1) is 28.8 Å². The van der Waals surface area contributed by atoms with Crippen LogP contribution in [0.4, 0.5) is 10.6 Å². The molecule has 0 unspecified atom stereocenters. The summed E-state index contributed by atoms with van der Waals surface area (Å²) in [7, 11) is 3.93. The molecule has 2 aliphatic rings. The number of amidine groups is 1. The maximum atomic E-state index is 13.5. The molecule has 0 spiro atoms. The predicted molar refractivity (Wildman–Crippen MR) is 133 cm³/mol. The van der Waals surface area contributed by atoms with Gasteiger partial charge in [-0.05, 0) is 50.5 Å². The monoisotopic (exact) mass is 461 g/mol. The highest BCUT2D eigenvalue weighted by molar-refractivity contribution is 7.17. The minimum Gasteiger partial charge on any atom is -0.324 e. The molecule has 8 nitrogen and oxygen atoms in total. The maximum Gasteiger partial charge on any atom is 0.319 e. The second kappa shape index (κ2) is 8.24. The van der Waals surface area contributed by atoms with Crippen molar-refractivity contribution in [2.45, 2.75) is 25.6 Å². The van der Waals surface area contributed by atoms with Crippen LogP contribution in [0.5, 0.6) is 0 Å². The van der Waals surface area contributed by atoms with Gasteiger partial charge >= 0.3 is 6.03 Å². The van der Waals surface area contributed by atoms with Crippen molar-refractivity contribution in [3.63, 3.8) is 0 Å². The molecule has 0 bridgehead atoms. The van der Waals surface area contributed by atoms with Gasteiger partial charge < -0.3 is 15.5 Å². The third-order valence-corrected chi connectivity index (χ3v) is 7.30. The van der Waals surface area contributed by atoms with E-state index in [1.165, 1.54) is 0 Å². The van der Waals surface area contributed by atoms with Gasteiger partial charge in [0.25, 0.3) is 0 Å². The van der Waals surface area contributed by atoms with E-state index < -0.39 is 5.54 Å². The zero-order valence-electron chi connectivity index (χ0n) is 19.2. The van der Waals surface area contributed by atoms with Crippen LogP contribution in [0.15, 0.2) is 64.2 Å². The van der Waals surface area contributed by atoms with Crippen LogP contribution in [0.25, 0.3) is 10.2 Å². The lowest BCUT2D eigenvalue weighted by Gasteiger charge is -2.36. The van der Waals surface area contributed by atoms with Crippen molar-refractivity contribution in [3.8, 4) is 0 Å². The van der Waals surface area contributed by atoms with Crippen LogP contribution in [0, 0.1) is 0 Å². The zero-order valence-corrected chi connectivity index (χ0v) is 20.0. The number of hydrogen-bond donors (Lipinski definition) is 2. The molecule has 33 heavy (non-hydrogen) atoms. The number of amides is 2. The van der Waals surface area contributed by atoms with Crippen LogP contribution in [-0.4, -0.2) is 64.4 Å². The lowest BCUT2D eigenvalue weighted by atomic mass is 9.94. The molecule has 0 radical (unpaired) electrons. The Morgan fingerprint density at radius 2 is 1.97 bits per heavy atom. The average Bonchev–Trinajstić information content (AvgIpc) is 3.49. The molecule has 0 fully saturated rings. The number of thiophene rings is 1. The Morgan fingerprint density at radius 3 is 2.73 bits per heavy atom. The van der Waals surface area contributed by atoms with E-state index in [4.69, 9.17) is 4.99 Å². The number of nitrogens with one attached hydrogen (secondary N) is 2. The number of nitrogens with zero attached hydrogens (tertiary/aromatic N) is 5. The normalized spacial score (nSPS) is 18.0. The van der Waals surface area contributed by atoms with Crippen LogP contribution < -0.4 is 10.6 Å². The van der Waals surface area contributed by atoms with E-state index in [1.54, 1.807) is 17.7 Å². The largest absolute Gasteiger partial charge is 0.324 e. The molecule has 5 rings (SSSR count). The van der Waals surface area contributed by atoms with Gasteiger partial charge in [0.2, 0.25) is 0 Å². The Balaban J connectivity index is 1.36. The summed E-state index contributed by atoms with van der Waals surface area (Å²) in [5.41, 5.74) is 3.75. The Hall–Kier alpha value is -3.30. The first-order chi connectivity index (χ1) is 15.9. The van der Waals surface area contributed by atoms with Gasteiger partial charge in [-0.25, -0.2) is 14.8 Å². The number of aliphatic imine (C=N–C) groups is 1. The SMILES string of the molecule is CN(C)[C@@H](NC(=O)N1CC2=C(CN=C2Nc2ncnc3ccsc23)C1(C)C)c1ccccc1. The first-order valence-electron chi connectivity index (χ1n) is 10.9. The summed E-state index contributed by atoms with van der Waals surface area (Å²) in [6, 6.07) is 11.9. The molecule has 2 N–H and O–H groups in total. The summed E-state index contributed by atoms with van der Waals surface area (Å²) >= 11 is 1.60. The number of benzene rings is 1. The lowest BCUT2D eigenvalue weighted by molar-refractivity contribution is 0.152. The minimum absolute atomic E-state index is 0.0982. The number of carbonyl (C=O) groups is 1. The van der Waals surface area contributed by atoms with Gasteiger partial charge in [0.15, 0.2) is 5.82 Å². The molecule has 4 heterocycles. The van der Waals surface area contributed by atoms with Crippen molar-refractivity contribution >= 4 is 39.2 Å². The summed E-state index contributed by atoms with van der Waals surface area (Å²) < 4.78 is 0.998. The van der Waals surface area contributed by atoms with Gasteiger partial charge in [-0.15, -0.1) is 11.3 Å². The molecule has 170 valence electrons. The smallest absolute Gasteiger partial charge is 0.319 e. The number of rotatable bonds is 4. The molecule has 2 amide bonds. The van der Waals surface area contributed by atoms with Crippen molar-refractivity contribution in [1.82, 2.24) is 25.1 Å². The topological polar surface area (TPSA) is 85.8 Å². The molecular formula is C24H27N7OS. The highest BCUT2D eigenvalue weighted by atomic mass is 32.1. The summed E-state index contributed by atoms with van der Waals surface area (Å²) in [4.78, 5) is 30.8. The second-order valence-corrected chi connectivity index (χ2v) is 9.89. The molecule has 0 aliphatic carbocycles. The molecule has 0 saturated heterocycles. The summed E-state index contributed by atoms with van der Waals surface area (Å²) in [6.07, 6.45) is 1.34. The van der Waals surface area contributed by atoms with E-state index in [1.807, 2.05) is 65.7 Å². The van der Waals surface area contributed by atoms with Gasteiger partial charge in [0, 0.05) is 5.57 Å². The predicted octanol–water partition coefficient (Wildman–Crippen LogP) is 3.88. The van der Waals surface area contributed by atoms with Crippen LogP contribution in [0.1, 0.15) is 25.6 Å². The zero-order chi connectivity index (χ0) is 23.2. The summed E-state index contributed by atoms with van der Waals surface area (Å²) in [6.45, 7) is 5.24. The van der Waals surface area contributed by atoms with E-state index in [2.05, 4.69) is 34.4 Å². The summed E-state index contributed by atoms with van der Waals surface area (Å²) in [5, 5.41) is 8.62. The molecule has 9 heteroatoms. The van der Waals surface area contributed by atoms with Crippen molar-refractivity contribution in [2.75, 3.05) is 32.5 Å². The van der Waals surface area contributed by atoms with E-state index in [0.717, 1.165) is 38.6 Å². The van der Waals surface area contributed by atoms with E-state index in [-0.39, 0.29) is 12.2 Å². The van der Waals surface area contributed by atoms with E-state index >= 15 is 0 Å². The Labute approximate surface area is 197 Å². The third-order valence-electron chi connectivity index (χ3n) is 6.39. The number of fused-ring (bicyclic) bond motifs is 1. The molecular weight excluding hydrogens is 434 g/mol.